The first kappa shape index (κ1) is 14.0. The van der Waals surface area contributed by atoms with E-state index in [1.807, 2.05) is 18.2 Å². The summed E-state index contributed by atoms with van der Waals surface area (Å²) >= 11 is 0. The summed E-state index contributed by atoms with van der Waals surface area (Å²) in [7, 11) is 3.09. The van der Waals surface area contributed by atoms with Crippen molar-refractivity contribution in [3.63, 3.8) is 0 Å². The molecule has 1 aliphatic heterocycles. The molecule has 0 N–H and O–H groups in total. The molecule has 0 radical (unpaired) electrons. The van der Waals surface area contributed by atoms with Crippen molar-refractivity contribution in [1.29, 1.82) is 0 Å². The van der Waals surface area contributed by atoms with E-state index in [0.29, 0.717) is 5.56 Å². The number of carbonyl (C=O) groups is 1. The second-order valence-corrected chi connectivity index (χ2v) is 4.57. The summed E-state index contributed by atoms with van der Waals surface area (Å²) in [5.41, 5.74) is 1.78. The molecule has 0 atom stereocenters. The number of nitrogens with zero attached hydrogens (tertiary/aromatic N) is 2. The van der Waals surface area contributed by atoms with E-state index in [-0.39, 0.29) is 5.91 Å². The quantitative estimate of drug-likeness (QED) is 0.765. The molecular weight excluding hydrogens is 244 g/mol. The molecular formula is C14H20N2O3. The summed E-state index contributed by atoms with van der Waals surface area (Å²) in [6.45, 7) is 4.30. The zero-order chi connectivity index (χ0) is 13.7. The molecule has 1 saturated heterocycles. The number of hydrogen-bond donors (Lipinski definition) is 0. The molecule has 1 aromatic rings. The first-order valence-electron chi connectivity index (χ1n) is 6.42. The highest BCUT2D eigenvalue weighted by Gasteiger charge is 2.14. The average Bonchev–Trinajstić information content (AvgIpc) is 2.47. The molecule has 0 unspecified atom stereocenters. The molecule has 5 heteroatoms. The molecule has 1 heterocycles. The first-order valence-corrected chi connectivity index (χ1v) is 6.42. The zero-order valence-electron chi connectivity index (χ0n) is 11.5. The van der Waals surface area contributed by atoms with Gasteiger partial charge in [-0.1, -0.05) is 12.1 Å². The van der Waals surface area contributed by atoms with Gasteiger partial charge in [0.15, 0.2) is 0 Å². The van der Waals surface area contributed by atoms with Crippen molar-refractivity contribution in [3.05, 3.63) is 35.4 Å². The van der Waals surface area contributed by atoms with Crippen LogP contribution in [0.4, 0.5) is 0 Å². The average molecular weight is 264 g/mol. The number of amides is 1. The first-order chi connectivity index (χ1) is 9.20. The molecule has 1 fully saturated rings. The Morgan fingerprint density at radius 3 is 2.84 bits per heavy atom. The number of rotatable bonds is 4. The van der Waals surface area contributed by atoms with Gasteiger partial charge in [0.05, 0.1) is 20.3 Å². The third-order valence-electron chi connectivity index (χ3n) is 3.24. The van der Waals surface area contributed by atoms with Gasteiger partial charge in [0, 0.05) is 32.2 Å². The van der Waals surface area contributed by atoms with Crippen molar-refractivity contribution in [1.82, 2.24) is 9.96 Å². The maximum atomic E-state index is 12.0. The summed E-state index contributed by atoms with van der Waals surface area (Å²) in [6, 6.07) is 7.68. The van der Waals surface area contributed by atoms with Crippen molar-refractivity contribution in [2.75, 3.05) is 40.5 Å². The van der Waals surface area contributed by atoms with Crippen molar-refractivity contribution in [3.8, 4) is 0 Å². The van der Waals surface area contributed by atoms with Crippen LogP contribution in [0.25, 0.3) is 0 Å². The molecule has 5 nitrogen and oxygen atoms in total. The zero-order valence-corrected chi connectivity index (χ0v) is 11.5. The fraction of sp³-hybridized carbons (Fsp3) is 0.500. The van der Waals surface area contributed by atoms with Gasteiger partial charge < -0.3 is 4.74 Å². The van der Waals surface area contributed by atoms with Crippen LogP contribution in [-0.2, 0) is 16.1 Å². The van der Waals surface area contributed by atoms with E-state index in [4.69, 9.17) is 9.57 Å². The fourth-order valence-electron chi connectivity index (χ4n) is 2.08. The van der Waals surface area contributed by atoms with Crippen LogP contribution >= 0.6 is 0 Å². The lowest BCUT2D eigenvalue weighted by Gasteiger charge is -2.26. The topological polar surface area (TPSA) is 42.0 Å². The summed E-state index contributed by atoms with van der Waals surface area (Å²) in [4.78, 5) is 19.2. The minimum atomic E-state index is -0.133. The van der Waals surface area contributed by atoms with Crippen LogP contribution in [0.5, 0.6) is 0 Å². The number of morpholine rings is 1. The molecule has 0 saturated carbocycles. The maximum absolute atomic E-state index is 12.0. The highest BCUT2D eigenvalue weighted by molar-refractivity contribution is 5.93. The predicted molar refractivity (Wildman–Crippen MR) is 71.6 cm³/mol. The van der Waals surface area contributed by atoms with Gasteiger partial charge >= 0.3 is 0 Å². The molecule has 1 aliphatic rings. The Balaban J connectivity index is 2.04. The van der Waals surface area contributed by atoms with Crippen molar-refractivity contribution < 1.29 is 14.4 Å². The van der Waals surface area contributed by atoms with Crippen molar-refractivity contribution >= 4 is 5.91 Å². The van der Waals surface area contributed by atoms with Gasteiger partial charge in [-0.15, -0.1) is 0 Å². The summed E-state index contributed by atoms with van der Waals surface area (Å²) < 4.78 is 5.33. The second kappa shape index (κ2) is 6.65. The van der Waals surface area contributed by atoms with Gasteiger partial charge in [0.1, 0.15) is 0 Å². The lowest BCUT2D eigenvalue weighted by Crippen LogP contribution is -2.35. The van der Waals surface area contributed by atoms with Crippen LogP contribution in [0.3, 0.4) is 0 Å². The molecule has 104 valence electrons. The summed E-state index contributed by atoms with van der Waals surface area (Å²) in [5, 5.41) is 1.23. The number of benzene rings is 1. The Morgan fingerprint density at radius 2 is 2.16 bits per heavy atom. The highest BCUT2D eigenvalue weighted by atomic mass is 16.7. The van der Waals surface area contributed by atoms with Crippen LogP contribution < -0.4 is 0 Å². The van der Waals surface area contributed by atoms with Crippen molar-refractivity contribution in [2.45, 2.75) is 6.54 Å². The lowest BCUT2D eigenvalue weighted by atomic mass is 10.1. The molecule has 2 rings (SSSR count). The van der Waals surface area contributed by atoms with Crippen LogP contribution in [0, 0.1) is 0 Å². The Labute approximate surface area is 113 Å². The maximum Gasteiger partial charge on any atom is 0.277 e. The fourth-order valence-corrected chi connectivity index (χ4v) is 2.08. The number of hydrogen-bond acceptors (Lipinski definition) is 4. The van der Waals surface area contributed by atoms with Crippen molar-refractivity contribution in [2.24, 2.45) is 0 Å². The van der Waals surface area contributed by atoms with E-state index < -0.39 is 0 Å². The van der Waals surface area contributed by atoms with E-state index in [0.717, 1.165) is 38.4 Å². The molecule has 1 amide bonds. The van der Waals surface area contributed by atoms with Gasteiger partial charge in [-0.3, -0.25) is 14.5 Å². The Bertz CT molecular complexity index is 430. The summed E-state index contributed by atoms with van der Waals surface area (Å²) in [6.07, 6.45) is 0. The lowest BCUT2D eigenvalue weighted by molar-refractivity contribution is -0.0757. The van der Waals surface area contributed by atoms with Crippen LogP contribution in [-0.4, -0.2) is 56.3 Å². The molecule has 0 aliphatic carbocycles. The Hall–Kier alpha value is -1.43. The largest absolute Gasteiger partial charge is 0.379 e. The van der Waals surface area contributed by atoms with E-state index in [9.17, 15) is 4.79 Å². The second-order valence-electron chi connectivity index (χ2n) is 4.57. The number of ether oxygens (including phenoxy) is 1. The monoisotopic (exact) mass is 264 g/mol. The number of carbonyl (C=O) groups excluding carboxylic acids is 1. The van der Waals surface area contributed by atoms with Gasteiger partial charge in [-0.25, -0.2) is 5.06 Å². The Kier molecular flexibility index (Phi) is 4.90. The molecule has 1 aromatic carbocycles. The van der Waals surface area contributed by atoms with E-state index >= 15 is 0 Å². The number of hydroxylamine groups is 2. The van der Waals surface area contributed by atoms with Crippen LogP contribution in [0.15, 0.2) is 24.3 Å². The van der Waals surface area contributed by atoms with Gasteiger partial charge in [0.2, 0.25) is 0 Å². The normalized spacial score (nSPS) is 16.3. The molecule has 0 aromatic heterocycles. The van der Waals surface area contributed by atoms with E-state index in [1.54, 1.807) is 13.1 Å². The van der Waals surface area contributed by atoms with Gasteiger partial charge in [-0.05, 0) is 17.7 Å². The van der Waals surface area contributed by atoms with E-state index in [2.05, 4.69) is 4.90 Å². The highest BCUT2D eigenvalue weighted by Crippen LogP contribution is 2.11. The molecule has 19 heavy (non-hydrogen) atoms. The van der Waals surface area contributed by atoms with Gasteiger partial charge in [-0.2, -0.15) is 0 Å². The minimum absolute atomic E-state index is 0.133. The SMILES string of the molecule is CON(C)C(=O)c1cccc(CN2CCOCC2)c1. The molecule has 0 spiro atoms. The standard InChI is InChI=1S/C14H20N2O3/c1-15(18-2)14(17)13-5-3-4-12(10-13)11-16-6-8-19-9-7-16/h3-5,10H,6-9,11H2,1-2H3. The predicted octanol–water partition coefficient (Wildman–Crippen LogP) is 1.15. The third kappa shape index (κ3) is 3.76. The third-order valence-corrected chi connectivity index (χ3v) is 3.24. The smallest absolute Gasteiger partial charge is 0.277 e. The summed E-state index contributed by atoms with van der Waals surface area (Å²) in [5.74, 6) is -0.133. The van der Waals surface area contributed by atoms with E-state index in [1.165, 1.54) is 12.2 Å². The molecule has 0 bridgehead atoms. The van der Waals surface area contributed by atoms with Gasteiger partial charge in [0.25, 0.3) is 5.91 Å². The van der Waals surface area contributed by atoms with Crippen LogP contribution in [0.2, 0.25) is 0 Å². The minimum Gasteiger partial charge on any atom is -0.379 e. The van der Waals surface area contributed by atoms with Crippen LogP contribution in [0.1, 0.15) is 15.9 Å². The Morgan fingerprint density at radius 1 is 1.42 bits per heavy atom.